The molecule has 0 fully saturated rings. The number of likely N-dealkylation sites (N-methyl/N-ethyl adjacent to an activating group) is 1. The van der Waals surface area contributed by atoms with Gasteiger partial charge < -0.3 is 65.8 Å². The maximum Gasteiger partial charge on any atom is 0.408 e. The Hall–Kier alpha value is -11.0. The van der Waals surface area contributed by atoms with E-state index < -0.39 is 105 Å². The standard InChI is InChI=1S/C85H108N10O14S/c1-57-58(2)75(59(3)67-54-84(10,11)107-74(57)67)110(103,104)94-79(86)88-48-31-44-69(92-81(102)109-83(7,8)9)77(99)91-68(43-32-49-89-80(101)108-82(4,5)6)76(98)87-47-29-18-30-50-95(12)78(100)70(53-73(97)93-85(63-37-23-15-24-38-63,64-39-25-16-26-40-64)65-41-27-17-28-42-65)90-72(96)51-62-45-46-66(105-55-60-33-19-13-20-34-60)52-71(62)106-56-61-35-21-14-22-36-61/h13-17,19-28,33-42,45-46,52,68-70H,18,29-32,43-44,47-51,53-56H2,1-12H3,(H,87,98)(H,89,101)(H,90,96)(H,91,99)(H,92,102)(H,93,97)(H3,86,88,94)/t68-,69-,70-/m0/s1. The fraction of sp³-hybridized carbons (Fsp3) is 0.412. The van der Waals surface area contributed by atoms with Gasteiger partial charge in [0.05, 0.1) is 17.7 Å². The van der Waals surface area contributed by atoms with E-state index >= 15 is 9.59 Å². The number of carbonyl (C=O) groups is 7. The van der Waals surface area contributed by atoms with E-state index in [2.05, 4.69) is 41.9 Å². The molecule has 0 spiro atoms. The van der Waals surface area contributed by atoms with E-state index in [4.69, 9.17) is 29.1 Å². The average molecular weight is 1530 g/mol. The van der Waals surface area contributed by atoms with Crippen LogP contribution in [0.2, 0.25) is 0 Å². The van der Waals surface area contributed by atoms with Crippen molar-refractivity contribution in [3.8, 4) is 17.2 Å². The van der Waals surface area contributed by atoms with Gasteiger partial charge in [-0.25, -0.2) is 22.7 Å². The minimum Gasteiger partial charge on any atom is -0.489 e. The van der Waals surface area contributed by atoms with E-state index in [0.29, 0.717) is 71.8 Å². The van der Waals surface area contributed by atoms with Crippen LogP contribution in [0.3, 0.4) is 0 Å². The van der Waals surface area contributed by atoms with Crippen LogP contribution in [0.25, 0.3) is 0 Å². The molecule has 0 aliphatic carbocycles. The van der Waals surface area contributed by atoms with Gasteiger partial charge in [0.1, 0.15) is 70.9 Å². The first kappa shape index (κ1) is 84.7. The Morgan fingerprint density at radius 2 is 1.06 bits per heavy atom. The highest BCUT2D eigenvalue weighted by atomic mass is 32.2. The molecular formula is C85H108N10O14S. The SMILES string of the molecule is Cc1c(C)c(S(=O)(=O)NC(=N)NCCC[C@H](NC(=O)OC(C)(C)C)C(=O)N[C@@H](CCCNC(=O)OC(C)(C)C)C(=O)NCCCCCN(C)C(=O)[C@H](CC(=O)NC(c2ccccc2)(c2ccccc2)c2ccccc2)NC(=O)Cc2ccc(OCc3ccccc3)cc2OCc2ccccc2)c(C)c2c1OC(C)(C)C2. The molecule has 0 saturated carbocycles. The summed E-state index contributed by atoms with van der Waals surface area (Å²) < 4.78 is 59.9. The Morgan fingerprint density at radius 3 is 1.62 bits per heavy atom. The Kier molecular flexibility index (Phi) is 30.0. The number of benzene rings is 7. The van der Waals surface area contributed by atoms with Crippen LogP contribution in [0.5, 0.6) is 17.2 Å². The summed E-state index contributed by atoms with van der Waals surface area (Å²) in [6.07, 6.45) is -0.0963. The zero-order valence-electron chi connectivity index (χ0n) is 65.3. The lowest BCUT2D eigenvalue weighted by Crippen LogP contribution is -2.54. The maximum absolute atomic E-state index is 15.1. The van der Waals surface area contributed by atoms with Crippen LogP contribution in [0.1, 0.15) is 162 Å². The van der Waals surface area contributed by atoms with Crippen LogP contribution in [0.4, 0.5) is 9.59 Å². The lowest BCUT2D eigenvalue weighted by Gasteiger charge is -2.37. The molecule has 7 aromatic rings. The average Bonchev–Trinajstić information content (AvgIpc) is 1.30. The summed E-state index contributed by atoms with van der Waals surface area (Å²) in [5, 5.41) is 28.7. The number of ether oxygens (including phenoxy) is 5. The highest BCUT2D eigenvalue weighted by Gasteiger charge is 2.41. The summed E-state index contributed by atoms with van der Waals surface area (Å²) in [7, 11) is -2.66. The van der Waals surface area contributed by atoms with Gasteiger partial charge >= 0.3 is 12.2 Å². The molecule has 7 amide bonds. The smallest absolute Gasteiger partial charge is 0.408 e. The Balaban J connectivity index is 0.943. The number of alkyl carbamates (subject to hydrolysis) is 2. The topological polar surface area (TPSA) is 323 Å². The van der Waals surface area contributed by atoms with Crippen LogP contribution in [0.15, 0.2) is 175 Å². The number of unbranched alkanes of at least 4 members (excludes halogenated alkanes) is 2. The van der Waals surface area contributed by atoms with Gasteiger partial charge in [-0.1, -0.05) is 158 Å². The highest BCUT2D eigenvalue weighted by molar-refractivity contribution is 7.90. The molecule has 8 rings (SSSR count). The van der Waals surface area contributed by atoms with Gasteiger partial charge in [0, 0.05) is 56.8 Å². The van der Waals surface area contributed by atoms with Crippen molar-refractivity contribution in [2.24, 2.45) is 0 Å². The molecule has 1 heterocycles. The van der Waals surface area contributed by atoms with Crippen molar-refractivity contribution >= 4 is 57.7 Å². The number of nitrogens with zero attached hydrogens (tertiary/aromatic N) is 1. The number of rotatable bonds is 36. The molecular weight excluding hydrogens is 1420 g/mol. The molecule has 1 aliphatic heterocycles. The molecule has 588 valence electrons. The second kappa shape index (κ2) is 38.9. The Labute approximate surface area is 647 Å². The zero-order chi connectivity index (χ0) is 79.8. The Bertz CT molecular complexity index is 4310. The van der Waals surface area contributed by atoms with E-state index in [1.54, 1.807) is 87.6 Å². The monoisotopic (exact) mass is 1520 g/mol. The molecule has 0 radical (unpaired) electrons. The quantitative estimate of drug-likeness (QED) is 0.00763. The summed E-state index contributed by atoms with van der Waals surface area (Å²) >= 11 is 0. The molecule has 9 N–H and O–H groups in total. The van der Waals surface area contributed by atoms with Crippen molar-refractivity contribution in [2.75, 3.05) is 33.2 Å². The van der Waals surface area contributed by atoms with E-state index in [1.165, 1.54) is 4.90 Å². The number of carbonyl (C=O) groups excluding carboxylic acids is 7. The fourth-order valence-electron chi connectivity index (χ4n) is 13.0. The van der Waals surface area contributed by atoms with Crippen molar-refractivity contribution in [3.63, 3.8) is 0 Å². The van der Waals surface area contributed by atoms with Crippen molar-refractivity contribution < 1.29 is 65.7 Å². The molecule has 0 saturated heterocycles. The minimum atomic E-state index is -4.26. The maximum atomic E-state index is 15.1. The second-order valence-corrected chi connectivity index (χ2v) is 31.9. The van der Waals surface area contributed by atoms with E-state index in [9.17, 15) is 32.4 Å². The molecule has 1 aliphatic rings. The van der Waals surface area contributed by atoms with Gasteiger partial charge in [-0.3, -0.25) is 29.4 Å². The van der Waals surface area contributed by atoms with Gasteiger partial charge in [-0.05, 0) is 172 Å². The number of guanidine groups is 1. The normalized spacial score (nSPS) is 13.3. The van der Waals surface area contributed by atoms with Gasteiger partial charge in [0.2, 0.25) is 35.5 Å². The fourth-order valence-corrected chi connectivity index (χ4v) is 14.6. The summed E-state index contributed by atoms with van der Waals surface area (Å²) in [5.74, 6) is -1.84. The lowest BCUT2D eigenvalue weighted by atomic mass is 9.77. The second-order valence-electron chi connectivity index (χ2n) is 30.3. The Morgan fingerprint density at radius 1 is 0.555 bits per heavy atom. The van der Waals surface area contributed by atoms with Crippen LogP contribution < -0.4 is 56.2 Å². The molecule has 0 unspecified atom stereocenters. The molecule has 110 heavy (non-hydrogen) atoms. The van der Waals surface area contributed by atoms with Crippen molar-refractivity contribution in [3.05, 3.63) is 225 Å². The van der Waals surface area contributed by atoms with E-state index in [0.717, 1.165) is 33.4 Å². The van der Waals surface area contributed by atoms with Gasteiger partial charge in [-0.15, -0.1) is 0 Å². The molecule has 0 aromatic heterocycles. The van der Waals surface area contributed by atoms with Gasteiger partial charge in [-0.2, -0.15) is 0 Å². The van der Waals surface area contributed by atoms with Crippen LogP contribution in [0, 0.1) is 26.2 Å². The first-order valence-electron chi connectivity index (χ1n) is 37.4. The summed E-state index contributed by atoms with van der Waals surface area (Å²) in [5.41, 5.74) is 3.67. The number of hydrogen-bond acceptors (Lipinski definition) is 15. The number of nitrogens with one attached hydrogen (secondary N) is 9. The lowest BCUT2D eigenvalue weighted by molar-refractivity contribution is -0.137. The van der Waals surface area contributed by atoms with Crippen LogP contribution >= 0.6 is 0 Å². The number of amides is 7. The highest BCUT2D eigenvalue weighted by Crippen LogP contribution is 2.44. The van der Waals surface area contributed by atoms with Crippen molar-refractivity contribution in [2.45, 2.75) is 199 Å². The number of sulfonamides is 1. The van der Waals surface area contributed by atoms with Crippen molar-refractivity contribution in [1.82, 2.24) is 46.8 Å². The van der Waals surface area contributed by atoms with E-state index in [1.807, 2.05) is 166 Å². The molecule has 7 aromatic carbocycles. The zero-order valence-corrected chi connectivity index (χ0v) is 66.1. The summed E-state index contributed by atoms with van der Waals surface area (Å²) in [4.78, 5) is 101. The third-order valence-corrected chi connectivity index (χ3v) is 20.1. The number of hydrogen-bond donors (Lipinski definition) is 9. The van der Waals surface area contributed by atoms with Crippen LogP contribution in [-0.4, -0.2) is 129 Å². The summed E-state index contributed by atoms with van der Waals surface area (Å²) in [6, 6.07) is 49.4. The first-order valence-corrected chi connectivity index (χ1v) is 38.9. The number of fused-ring (bicyclic) bond motifs is 1. The van der Waals surface area contributed by atoms with E-state index in [-0.39, 0.29) is 69.8 Å². The predicted octanol–water partition coefficient (Wildman–Crippen LogP) is 11.7. The third kappa shape index (κ3) is 25.1. The molecule has 24 nitrogen and oxygen atoms in total. The van der Waals surface area contributed by atoms with Crippen LogP contribution in [-0.2, 0) is 75.1 Å². The summed E-state index contributed by atoms with van der Waals surface area (Å²) in [6.45, 7) is 20.1. The molecule has 25 heteroatoms. The first-order chi connectivity index (χ1) is 52.2. The molecule has 3 atom stereocenters. The third-order valence-electron chi connectivity index (χ3n) is 18.4. The minimum absolute atomic E-state index is 0.0150. The predicted molar refractivity (Wildman–Crippen MR) is 423 cm³/mol. The van der Waals surface area contributed by atoms with Gasteiger partial charge in [0.25, 0.3) is 10.0 Å². The van der Waals surface area contributed by atoms with Gasteiger partial charge in [0.15, 0.2) is 0 Å². The molecule has 0 bridgehead atoms. The largest absolute Gasteiger partial charge is 0.489 e. The van der Waals surface area contributed by atoms with Crippen molar-refractivity contribution in [1.29, 1.82) is 5.41 Å².